The summed E-state index contributed by atoms with van der Waals surface area (Å²) in [7, 11) is 0. The zero-order valence-corrected chi connectivity index (χ0v) is 14.4. The minimum Gasteiger partial charge on any atom is -0.444 e. The predicted octanol–water partition coefficient (Wildman–Crippen LogP) is 3.03. The quantitative estimate of drug-likeness (QED) is 0.748. The second-order valence-corrected chi connectivity index (χ2v) is 7.62. The van der Waals surface area contributed by atoms with Gasteiger partial charge in [0.2, 0.25) is 5.91 Å². The maximum absolute atomic E-state index is 12.7. The Labute approximate surface area is 134 Å². The lowest BCUT2D eigenvalue weighted by molar-refractivity contribution is -0.140. The van der Waals surface area contributed by atoms with Gasteiger partial charge in [-0.25, -0.2) is 4.79 Å². The van der Waals surface area contributed by atoms with Gasteiger partial charge in [-0.15, -0.1) is 0 Å². The van der Waals surface area contributed by atoms with Crippen LogP contribution in [0.4, 0.5) is 4.79 Å². The van der Waals surface area contributed by atoms with Crippen molar-refractivity contribution in [3.05, 3.63) is 0 Å². The Balaban J connectivity index is 1.84. The SMILES string of the molecule is C[C@H]1CCCCN1C(=O)C1CCN(C(=O)OC(C)(C)C)CC1. The molecule has 5 nitrogen and oxygen atoms in total. The van der Waals surface area contributed by atoms with Crippen molar-refractivity contribution in [1.82, 2.24) is 9.80 Å². The highest BCUT2D eigenvalue weighted by Crippen LogP contribution is 2.25. The number of piperidine rings is 2. The number of carbonyl (C=O) groups is 2. The van der Waals surface area contributed by atoms with Gasteiger partial charge in [-0.2, -0.15) is 0 Å². The number of ether oxygens (including phenoxy) is 1. The van der Waals surface area contributed by atoms with Crippen LogP contribution in [-0.2, 0) is 9.53 Å². The molecule has 126 valence electrons. The van der Waals surface area contributed by atoms with Crippen molar-refractivity contribution in [1.29, 1.82) is 0 Å². The topological polar surface area (TPSA) is 49.9 Å². The number of likely N-dealkylation sites (tertiary alicyclic amines) is 2. The van der Waals surface area contributed by atoms with E-state index < -0.39 is 5.60 Å². The number of rotatable bonds is 1. The lowest BCUT2D eigenvalue weighted by Gasteiger charge is -2.38. The van der Waals surface area contributed by atoms with Crippen molar-refractivity contribution in [3.63, 3.8) is 0 Å². The molecule has 5 heteroatoms. The van der Waals surface area contributed by atoms with E-state index in [1.165, 1.54) is 6.42 Å². The Bertz CT molecular complexity index is 409. The lowest BCUT2D eigenvalue weighted by Crippen LogP contribution is -2.49. The summed E-state index contributed by atoms with van der Waals surface area (Å²) in [5.41, 5.74) is -0.465. The summed E-state index contributed by atoms with van der Waals surface area (Å²) in [5, 5.41) is 0. The predicted molar refractivity (Wildman–Crippen MR) is 85.6 cm³/mol. The molecular weight excluding hydrogens is 280 g/mol. The summed E-state index contributed by atoms with van der Waals surface area (Å²) in [4.78, 5) is 28.5. The summed E-state index contributed by atoms with van der Waals surface area (Å²) in [5.74, 6) is 0.357. The van der Waals surface area contributed by atoms with Crippen LogP contribution in [0.3, 0.4) is 0 Å². The molecule has 2 aliphatic rings. The van der Waals surface area contributed by atoms with E-state index in [1.54, 1.807) is 4.90 Å². The molecular formula is C17H30N2O3. The van der Waals surface area contributed by atoms with Crippen molar-refractivity contribution in [2.45, 2.75) is 71.4 Å². The number of amides is 2. The van der Waals surface area contributed by atoms with Gasteiger partial charge in [0.1, 0.15) is 5.60 Å². The van der Waals surface area contributed by atoms with E-state index in [9.17, 15) is 9.59 Å². The van der Waals surface area contributed by atoms with Crippen molar-refractivity contribution in [2.75, 3.05) is 19.6 Å². The third-order valence-corrected chi connectivity index (χ3v) is 4.58. The first-order chi connectivity index (χ1) is 10.3. The fourth-order valence-corrected chi connectivity index (χ4v) is 3.30. The molecule has 1 atom stereocenters. The fourth-order valence-electron chi connectivity index (χ4n) is 3.30. The van der Waals surface area contributed by atoms with Gasteiger partial charge in [0, 0.05) is 31.6 Å². The minimum absolute atomic E-state index is 0.0687. The normalized spacial score (nSPS) is 24.3. The third kappa shape index (κ3) is 4.37. The fraction of sp³-hybridized carbons (Fsp3) is 0.882. The number of hydrogen-bond acceptors (Lipinski definition) is 3. The Morgan fingerprint density at radius 2 is 1.64 bits per heavy atom. The van der Waals surface area contributed by atoms with Crippen molar-refractivity contribution >= 4 is 12.0 Å². The first-order valence-corrected chi connectivity index (χ1v) is 8.56. The van der Waals surface area contributed by atoms with Crippen LogP contribution in [0.5, 0.6) is 0 Å². The molecule has 0 aromatic carbocycles. The first kappa shape index (κ1) is 17.1. The van der Waals surface area contributed by atoms with Crippen molar-refractivity contribution in [3.8, 4) is 0 Å². The smallest absolute Gasteiger partial charge is 0.410 e. The molecule has 2 fully saturated rings. The average molecular weight is 310 g/mol. The largest absolute Gasteiger partial charge is 0.444 e. The zero-order valence-electron chi connectivity index (χ0n) is 14.4. The minimum atomic E-state index is -0.465. The highest BCUT2D eigenvalue weighted by atomic mass is 16.6. The molecule has 22 heavy (non-hydrogen) atoms. The summed E-state index contributed by atoms with van der Waals surface area (Å²) < 4.78 is 5.40. The van der Waals surface area contributed by atoms with Gasteiger partial charge in [0.05, 0.1) is 0 Å². The van der Waals surface area contributed by atoms with E-state index in [1.807, 2.05) is 20.8 Å². The van der Waals surface area contributed by atoms with Crippen LogP contribution in [0, 0.1) is 5.92 Å². The summed E-state index contributed by atoms with van der Waals surface area (Å²) in [6.07, 6.45) is 4.70. The van der Waals surface area contributed by atoms with E-state index in [0.717, 1.165) is 32.2 Å². The maximum atomic E-state index is 12.7. The van der Waals surface area contributed by atoms with E-state index in [4.69, 9.17) is 4.74 Å². The molecule has 0 bridgehead atoms. The monoisotopic (exact) mass is 310 g/mol. The van der Waals surface area contributed by atoms with Gasteiger partial charge in [0.15, 0.2) is 0 Å². The van der Waals surface area contributed by atoms with Crippen LogP contribution < -0.4 is 0 Å². The van der Waals surface area contributed by atoms with Crippen LogP contribution in [0.1, 0.15) is 59.8 Å². The number of carbonyl (C=O) groups excluding carboxylic acids is 2. The standard InChI is InChI=1S/C17H30N2O3/c1-13-7-5-6-10-19(13)15(20)14-8-11-18(12-9-14)16(21)22-17(2,3)4/h13-14H,5-12H2,1-4H3/t13-/m0/s1. The second-order valence-electron chi connectivity index (χ2n) is 7.62. The van der Waals surface area contributed by atoms with Crippen LogP contribution in [0.2, 0.25) is 0 Å². The van der Waals surface area contributed by atoms with Crippen molar-refractivity contribution in [2.24, 2.45) is 5.92 Å². The molecule has 0 radical (unpaired) electrons. The van der Waals surface area contributed by atoms with Gasteiger partial charge in [-0.1, -0.05) is 0 Å². The van der Waals surface area contributed by atoms with E-state index in [-0.39, 0.29) is 17.9 Å². The molecule has 0 spiro atoms. The molecule has 0 unspecified atom stereocenters. The highest BCUT2D eigenvalue weighted by molar-refractivity contribution is 5.79. The lowest BCUT2D eigenvalue weighted by atomic mass is 9.93. The van der Waals surface area contributed by atoms with Gasteiger partial charge in [0.25, 0.3) is 0 Å². The summed E-state index contributed by atoms with van der Waals surface area (Å²) in [6, 6.07) is 0.366. The third-order valence-electron chi connectivity index (χ3n) is 4.58. The maximum Gasteiger partial charge on any atom is 0.410 e. The zero-order chi connectivity index (χ0) is 16.3. The van der Waals surface area contributed by atoms with Crippen molar-refractivity contribution < 1.29 is 14.3 Å². The molecule has 0 aliphatic carbocycles. The van der Waals surface area contributed by atoms with E-state index in [0.29, 0.717) is 19.1 Å². The number of hydrogen-bond donors (Lipinski definition) is 0. The molecule has 2 heterocycles. The second kappa shape index (κ2) is 6.88. The molecule has 0 aromatic rings. The highest BCUT2D eigenvalue weighted by Gasteiger charge is 2.33. The van der Waals surface area contributed by atoms with Gasteiger partial charge in [-0.3, -0.25) is 4.79 Å². The molecule has 2 aliphatic heterocycles. The Hall–Kier alpha value is -1.26. The Kier molecular flexibility index (Phi) is 5.35. The molecule has 0 saturated carbocycles. The molecule has 2 amide bonds. The summed E-state index contributed by atoms with van der Waals surface area (Å²) in [6.45, 7) is 9.90. The van der Waals surface area contributed by atoms with Crippen LogP contribution >= 0.6 is 0 Å². The Morgan fingerprint density at radius 1 is 1.00 bits per heavy atom. The van der Waals surface area contributed by atoms with E-state index in [2.05, 4.69) is 11.8 Å². The van der Waals surface area contributed by atoms with Crippen LogP contribution in [0.15, 0.2) is 0 Å². The van der Waals surface area contributed by atoms with Crippen LogP contribution in [-0.4, -0.2) is 53.1 Å². The number of nitrogens with zero attached hydrogens (tertiary/aromatic N) is 2. The van der Waals surface area contributed by atoms with Crippen LogP contribution in [0.25, 0.3) is 0 Å². The average Bonchev–Trinajstić information content (AvgIpc) is 2.45. The molecule has 2 saturated heterocycles. The van der Waals surface area contributed by atoms with Gasteiger partial charge >= 0.3 is 6.09 Å². The summed E-state index contributed by atoms with van der Waals surface area (Å²) >= 11 is 0. The first-order valence-electron chi connectivity index (χ1n) is 8.56. The molecule has 2 rings (SSSR count). The Morgan fingerprint density at radius 3 is 2.18 bits per heavy atom. The molecule has 0 aromatic heterocycles. The van der Waals surface area contributed by atoms with Gasteiger partial charge < -0.3 is 14.5 Å². The van der Waals surface area contributed by atoms with E-state index >= 15 is 0 Å². The van der Waals surface area contributed by atoms with Gasteiger partial charge in [-0.05, 0) is 59.8 Å². The molecule has 0 N–H and O–H groups in total.